The van der Waals surface area contributed by atoms with Crippen LogP contribution in [0.4, 0.5) is 5.69 Å². The number of halogens is 1. The van der Waals surface area contributed by atoms with E-state index in [2.05, 4.69) is 27.3 Å². The maximum absolute atomic E-state index is 8.71. The minimum absolute atomic E-state index is 0.730. The van der Waals surface area contributed by atoms with Gasteiger partial charge in [0, 0.05) is 27.0 Å². The molecule has 0 saturated carbocycles. The summed E-state index contributed by atoms with van der Waals surface area (Å²) >= 11 is 5.08. The minimum Gasteiger partial charge on any atom is -0.379 e. The van der Waals surface area contributed by atoms with E-state index in [1.807, 2.05) is 35.7 Å². The normalized spacial score (nSPS) is 9.75. The number of nitriles is 1. The highest BCUT2D eigenvalue weighted by Crippen LogP contribution is 2.23. The van der Waals surface area contributed by atoms with Crippen molar-refractivity contribution in [2.45, 2.75) is 6.54 Å². The van der Waals surface area contributed by atoms with Crippen LogP contribution in [0.3, 0.4) is 0 Å². The third-order valence-corrected chi connectivity index (χ3v) is 3.74. The van der Waals surface area contributed by atoms with E-state index in [0.717, 1.165) is 27.1 Å². The standard InChI is InChI=1S/C12H9BrN2S/c13-11-3-1-2-4-12(11)15-7-10-5-9(6-14)8-16-10/h1-5,8,15H,7H2. The van der Waals surface area contributed by atoms with E-state index in [1.165, 1.54) is 0 Å². The molecule has 0 aliphatic heterocycles. The monoisotopic (exact) mass is 292 g/mol. The van der Waals surface area contributed by atoms with Crippen LogP contribution in [-0.4, -0.2) is 0 Å². The Hall–Kier alpha value is -1.31. The Morgan fingerprint density at radius 2 is 2.19 bits per heavy atom. The summed E-state index contributed by atoms with van der Waals surface area (Å²) in [6, 6.07) is 12.0. The highest BCUT2D eigenvalue weighted by Gasteiger charge is 2.00. The van der Waals surface area contributed by atoms with Gasteiger partial charge < -0.3 is 5.32 Å². The average Bonchev–Trinajstić information content (AvgIpc) is 2.76. The fraction of sp³-hybridized carbons (Fsp3) is 0.0833. The van der Waals surface area contributed by atoms with Gasteiger partial charge in [-0.3, -0.25) is 0 Å². The van der Waals surface area contributed by atoms with Gasteiger partial charge in [0.1, 0.15) is 6.07 Å². The van der Waals surface area contributed by atoms with Crippen LogP contribution < -0.4 is 5.32 Å². The molecule has 16 heavy (non-hydrogen) atoms. The van der Waals surface area contributed by atoms with E-state index in [9.17, 15) is 0 Å². The minimum atomic E-state index is 0.730. The highest BCUT2D eigenvalue weighted by molar-refractivity contribution is 9.10. The number of hydrogen-bond donors (Lipinski definition) is 1. The molecule has 0 saturated heterocycles. The molecule has 0 spiro atoms. The Morgan fingerprint density at radius 1 is 1.38 bits per heavy atom. The lowest BCUT2D eigenvalue weighted by Gasteiger charge is -2.06. The number of para-hydroxylation sites is 1. The second-order valence-electron chi connectivity index (χ2n) is 3.25. The van der Waals surface area contributed by atoms with E-state index >= 15 is 0 Å². The second kappa shape index (κ2) is 5.15. The number of anilines is 1. The van der Waals surface area contributed by atoms with Crippen molar-refractivity contribution in [1.29, 1.82) is 5.26 Å². The van der Waals surface area contributed by atoms with Crippen LogP contribution >= 0.6 is 27.3 Å². The molecule has 0 bridgehead atoms. The molecule has 0 radical (unpaired) electrons. The molecule has 80 valence electrons. The highest BCUT2D eigenvalue weighted by atomic mass is 79.9. The van der Waals surface area contributed by atoms with Crippen LogP contribution in [0.25, 0.3) is 0 Å². The fourth-order valence-electron chi connectivity index (χ4n) is 1.32. The molecule has 0 amide bonds. The second-order valence-corrected chi connectivity index (χ2v) is 5.10. The lowest BCUT2D eigenvalue weighted by molar-refractivity contribution is 1.19. The van der Waals surface area contributed by atoms with Crippen LogP contribution in [0.2, 0.25) is 0 Å². The Bertz CT molecular complexity index is 528. The number of nitrogens with one attached hydrogen (secondary N) is 1. The molecule has 2 nitrogen and oxygen atoms in total. The van der Waals surface area contributed by atoms with E-state index in [4.69, 9.17) is 5.26 Å². The van der Waals surface area contributed by atoms with Crippen molar-refractivity contribution in [3.63, 3.8) is 0 Å². The van der Waals surface area contributed by atoms with Crippen LogP contribution in [0.15, 0.2) is 40.2 Å². The third-order valence-electron chi connectivity index (χ3n) is 2.11. The molecule has 1 aromatic carbocycles. The van der Waals surface area contributed by atoms with E-state index < -0.39 is 0 Å². The quantitative estimate of drug-likeness (QED) is 0.928. The van der Waals surface area contributed by atoms with Crippen molar-refractivity contribution < 1.29 is 0 Å². The first kappa shape index (κ1) is 11.2. The predicted molar refractivity (Wildman–Crippen MR) is 70.5 cm³/mol. The van der Waals surface area contributed by atoms with Crippen LogP contribution in [0.5, 0.6) is 0 Å². The fourth-order valence-corrected chi connectivity index (χ4v) is 2.49. The van der Waals surface area contributed by atoms with Gasteiger partial charge in [-0.1, -0.05) is 12.1 Å². The zero-order chi connectivity index (χ0) is 11.4. The summed E-state index contributed by atoms with van der Waals surface area (Å²) in [5.74, 6) is 0. The summed E-state index contributed by atoms with van der Waals surface area (Å²) in [7, 11) is 0. The van der Waals surface area contributed by atoms with Crippen molar-refractivity contribution >= 4 is 33.0 Å². The predicted octanol–water partition coefficient (Wildman–Crippen LogP) is 3.99. The third kappa shape index (κ3) is 2.63. The lowest BCUT2D eigenvalue weighted by Crippen LogP contribution is -1.97. The van der Waals surface area contributed by atoms with Crippen LogP contribution in [-0.2, 0) is 6.54 Å². The molecule has 2 aromatic rings. The van der Waals surface area contributed by atoms with Crippen LogP contribution in [0, 0.1) is 11.3 Å². The molecular weight excluding hydrogens is 284 g/mol. The average molecular weight is 293 g/mol. The lowest BCUT2D eigenvalue weighted by atomic mass is 10.3. The molecule has 1 aromatic heterocycles. The van der Waals surface area contributed by atoms with Crippen molar-refractivity contribution in [2.24, 2.45) is 0 Å². The summed E-state index contributed by atoms with van der Waals surface area (Å²) in [4.78, 5) is 1.16. The Labute approximate surface area is 107 Å². The summed E-state index contributed by atoms with van der Waals surface area (Å²) in [6.07, 6.45) is 0. The van der Waals surface area contributed by atoms with Gasteiger partial charge in [-0.15, -0.1) is 11.3 Å². The van der Waals surface area contributed by atoms with Gasteiger partial charge in [0.25, 0.3) is 0 Å². The number of hydrogen-bond acceptors (Lipinski definition) is 3. The molecule has 0 aliphatic carbocycles. The molecule has 0 fully saturated rings. The van der Waals surface area contributed by atoms with Crippen molar-refractivity contribution in [3.05, 3.63) is 50.6 Å². The summed E-state index contributed by atoms with van der Waals surface area (Å²) in [5.41, 5.74) is 1.79. The largest absolute Gasteiger partial charge is 0.379 e. The van der Waals surface area contributed by atoms with Gasteiger partial charge in [-0.05, 0) is 34.1 Å². The Kier molecular flexibility index (Phi) is 3.60. The molecule has 1 heterocycles. The molecular formula is C12H9BrN2S. The Balaban J connectivity index is 2.03. The molecule has 1 N–H and O–H groups in total. The summed E-state index contributed by atoms with van der Waals surface area (Å²) < 4.78 is 1.05. The molecule has 4 heteroatoms. The topological polar surface area (TPSA) is 35.8 Å². The SMILES string of the molecule is N#Cc1csc(CNc2ccccc2Br)c1. The first-order valence-electron chi connectivity index (χ1n) is 4.75. The Morgan fingerprint density at radius 3 is 2.88 bits per heavy atom. The van der Waals surface area contributed by atoms with E-state index in [1.54, 1.807) is 11.3 Å². The van der Waals surface area contributed by atoms with Gasteiger partial charge in [0.2, 0.25) is 0 Å². The first-order valence-corrected chi connectivity index (χ1v) is 6.43. The van der Waals surface area contributed by atoms with Gasteiger partial charge in [0.15, 0.2) is 0 Å². The van der Waals surface area contributed by atoms with Gasteiger partial charge in [0.05, 0.1) is 5.56 Å². The van der Waals surface area contributed by atoms with Crippen LogP contribution in [0.1, 0.15) is 10.4 Å². The zero-order valence-electron chi connectivity index (χ0n) is 8.40. The molecule has 0 aliphatic rings. The zero-order valence-corrected chi connectivity index (χ0v) is 10.8. The van der Waals surface area contributed by atoms with E-state index in [0.29, 0.717) is 0 Å². The number of nitrogens with zero attached hydrogens (tertiary/aromatic N) is 1. The summed E-state index contributed by atoms with van der Waals surface area (Å²) in [5, 5.41) is 13.9. The smallest absolute Gasteiger partial charge is 0.100 e. The van der Waals surface area contributed by atoms with Crippen molar-refractivity contribution in [1.82, 2.24) is 0 Å². The van der Waals surface area contributed by atoms with Gasteiger partial charge in [-0.25, -0.2) is 0 Å². The molecule has 0 atom stereocenters. The van der Waals surface area contributed by atoms with E-state index in [-0.39, 0.29) is 0 Å². The van der Waals surface area contributed by atoms with Crippen molar-refractivity contribution in [2.75, 3.05) is 5.32 Å². The maximum Gasteiger partial charge on any atom is 0.100 e. The van der Waals surface area contributed by atoms with Crippen molar-refractivity contribution in [3.8, 4) is 6.07 Å². The first-order chi connectivity index (χ1) is 7.79. The molecule has 2 rings (SSSR count). The summed E-state index contributed by atoms with van der Waals surface area (Å²) in [6.45, 7) is 0.745. The number of rotatable bonds is 3. The van der Waals surface area contributed by atoms with Gasteiger partial charge >= 0.3 is 0 Å². The number of thiophene rings is 1. The van der Waals surface area contributed by atoms with Gasteiger partial charge in [-0.2, -0.15) is 5.26 Å². The maximum atomic E-state index is 8.71. The number of benzene rings is 1. The molecule has 0 unspecified atom stereocenters.